The molecule has 0 heterocycles. The van der Waals surface area contributed by atoms with Crippen molar-refractivity contribution in [3.8, 4) is 0 Å². The summed E-state index contributed by atoms with van der Waals surface area (Å²) in [5.41, 5.74) is -1.69. The molecule has 0 radical (unpaired) electrons. The van der Waals surface area contributed by atoms with E-state index in [4.69, 9.17) is 0 Å². The van der Waals surface area contributed by atoms with Gasteiger partial charge in [-0.1, -0.05) is 19.7 Å². The minimum absolute atomic E-state index is 0.565. The van der Waals surface area contributed by atoms with E-state index >= 15 is 0 Å². The van der Waals surface area contributed by atoms with Crippen LogP contribution in [0.4, 0.5) is 0 Å². The first kappa shape index (κ1) is 11.7. The molecule has 0 rings (SSSR count). The summed E-state index contributed by atoms with van der Waals surface area (Å²) in [5.74, 6) is 0. The molecular formula is C9H9O3P. The smallest absolute Gasteiger partial charge is 0.192 e. The molecular weight excluding hydrogens is 187 g/mol. The van der Waals surface area contributed by atoms with Crippen LogP contribution in [-0.4, -0.2) is 16.6 Å². The van der Waals surface area contributed by atoms with E-state index in [0.717, 1.165) is 18.2 Å². The van der Waals surface area contributed by atoms with Gasteiger partial charge in [-0.15, -0.1) is 0 Å². The third kappa shape index (κ3) is 2.88. The molecule has 0 bridgehead atoms. The summed E-state index contributed by atoms with van der Waals surface area (Å²) in [5, 5.41) is 0. The quantitative estimate of drug-likeness (QED) is 0.479. The first-order valence-corrected chi connectivity index (χ1v) is 4.72. The van der Waals surface area contributed by atoms with Gasteiger partial charge in [-0.2, -0.15) is 0 Å². The van der Waals surface area contributed by atoms with Crippen LogP contribution in [0.25, 0.3) is 0 Å². The van der Waals surface area contributed by atoms with Gasteiger partial charge in [-0.3, -0.25) is 14.4 Å². The van der Waals surface area contributed by atoms with Gasteiger partial charge in [-0.05, 0) is 18.2 Å². The topological polar surface area (TPSA) is 51.2 Å². The summed E-state index contributed by atoms with van der Waals surface area (Å²) in [6, 6.07) is 0. The zero-order chi connectivity index (χ0) is 10.4. The molecule has 0 aromatic rings. The van der Waals surface area contributed by atoms with Gasteiger partial charge in [0.15, 0.2) is 16.6 Å². The van der Waals surface area contributed by atoms with E-state index in [0.29, 0.717) is 0 Å². The maximum atomic E-state index is 11.1. The standard InChI is InChI=1S/C9H9O3P/c1-4-7(10)13(8(11)5-2)9(12)6-3/h4-6H,1-3H2. The van der Waals surface area contributed by atoms with Crippen LogP contribution in [0.1, 0.15) is 0 Å². The summed E-state index contributed by atoms with van der Waals surface area (Å²) in [4.78, 5) is 33.3. The SMILES string of the molecule is C=CC(=O)P(C(=O)C=C)C(=O)C=C. The molecule has 0 aliphatic heterocycles. The van der Waals surface area contributed by atoms with Gasteiger partial charge in [0.25, 0.3) is 0 Å². The van der Waals surface area contributed by atoms with Gasteiger partial charge in [-0.25, -0.2) is 0 Å². The van der Waals surface area contributed by atoms with E-state index in [2.05, 4.69) is 19.7 Å². The molecule has 0 saturated heterocycles. The number of carbonyl (C=O) groups excluding carboxylic acids is 3. The van der Waals surface area contributed by atoms with Crippen molar-refractivity contribution < 1.29 is 14.4 Å². The Kier molecular flexibility index (Phi) is 4.78. The number of carbonyl (C=O) groups is 3. The fourth-order valence-corrected chi connectivity index (χ4v) is 1.80. The minimum atomic E-state index is -2.02. The Morgan fingerprint density at radius 2 is 1.00 bits per heavy atom. The lowest BCUT2D eigenvalue weighted by Gasteiger charge is -2.04. The van der Waals surface area contributed by atoms with Gasteiger partial charge in [0.2, 0.25) is 0 Å². The highest BCUT2D eigenvalue weighted by atomic mass is 31.1. The molecule has 0 atom stereocenters. The van der Waals surface area contributed by atoms with Crippen molar-refractivity contribution >= 4 is 24.5 Å². The predicted octanol–water partition coefficient (Wildman–Crippen LogP) is 1.61. The molecule has 0 aromatic carbocycles. The fourth-order valence-electron chi connectivity index (χ4n) is 0.600. The summed E-state index contributed by atoms with van der Waals surface area (Å²) < 4.78 is 0. The lowest BCUT2D eigenvalue weighted by Crippen LogP contribution is -2.06. The number of rotatable bonds is 6. The van der Waals surface area contributed by atoms with Gasteiger partial charge >= 0.3 is 0 Å². The summed E-state index contributed by atoms with van der Waals surface area (Å²) in [6.45, 7) is 9.63. The van der Waals surface area contributed by atoms with Crippen LogP contribution in [0.3, 0.4) is 0 Å². The zero-order valence-electron chi connectivity index (χ0n) is 7.03. The van der Waals surface area contributed by atoms with Crippen molar-refractivity contribution in [3.63, 3.8) is 0 Å². The lowest BCUT2D eigenvalue weighted by atomic mass is 10.7. The molecule has 0 N–H and O–H groups in total. The van der Waals surface area contributed by atoms with Crippen molar-refractivity contribution in [2.75, 3.05) is 0 Å². The molecule has 68 valence electrons. The van der Waals surface area contributed by atoms with Crippen molar-refractivity contribution in [1.82, 2.24) is 0 Å². The Morgan fingerprint density at radius 1 is 0.769 bits per heavy atom. The number of allylic oxidation sites excluding steroid dienone is 3. The van der Waals surface area contributed by atoms with E-state index in [9.17, 15) is 14.4 Å². The molecule has 0 amide bonds. The third-order valence-electron chi connectivity index (χ3n) is 1.19. The van der Waals surface area contributed by atoms with E-state index in [1.54, 1.807) is 0 Å². The maximum Gasteiger partial charge on any atom is 0.192 e. The Labute approximate surface area is 77.6 Å². The highest BCUT2D eigenvalue weighted by Gasteiger charge is 2.27. The van der Waals surface area contributed by atoms with Gasteiger partial charge in [0, 0.05) is 0 Å². The monoisotopic (exact) mass is 196 g/mol. The Morgan fingerprint density at radius 3 is 1.15 bits per heavy atom. The molecule has 0 saturated carbocycles. The molecule has 0 aliphatic rings. The predicted molar refractivity (Wildman–Crippen MR) is 52.5 cm³/mol. The molecule has 0 aliphatic carbocycles. The van der Waals surface area contributed by atoms with E-state index < -0.39 is 24.5 Å². The van der Waals surface area contributed by atoms with Crippen molar-refractivity contribution in [1.29, 1.82) is 0 Å². The zero-order valence-corrected chi connectivity index (χ0v) is 7.92. The largest absolute Gasteiger partial charge is 0.289 e. The van der Waals surface area contributed by atoms with Crippen LogP contribution in [-0.2, 0) is 14.4 Å². The highest BCUT2D eigenvalue weighted by molar-refractivity contribution is 8.02. The van der Waals surface area contributed by atoms with Gasteiger partial charge in [0.05, 0.1) is 0 Å². The average Bonchev–Trinajstić information content (AvgIpc) is 2.16. The fraction of sp³-hybridized carbons (Fsp3) is 0. The third-order valence-corrected chi connectivity index (χ3v) is 3.06. The summed E-state index contributed by atoms with van der Waals surface area (Å²) >= 11 is 0. The first-order chi connectivity index (χ1) is 6.08. The second-order valence-electron chi connectivity index (χ2n) is 1.96. The molecule has 3 nitrogen and oxygen atoms in total. The molecule has 0 aromatic heterocycles. The molecule has 0 unspecified atom stereocenters. The van der Waals surface area contributed by atoms with Crippen LogP contribution >= 0.6 is 7.92 Å². The molecule has 13 heavy (non-hydrogen) atoms. The van der Waals surface area contributed by atoms with Crippen LogP contribution in [0.5, 0.6) is 0 Å². The Hall–Kier alpha value is -1.34. The van der Waals surface area contributed by atoms with Gasteiger partial charge < -0.3 is 0 Å². The normalized spacial score (nSPS) is 9.00. The van der Waals surface area contributed by atoms with Crippen LogP contribution in [0.2, 0.25) is 0 Å². The first-order valence-electron chi connectivity index (χ1n) is 3.37. The van der Waals surface area contributed by atoms with Crippen LogP contribution in [0.15, 0.2) is 38.0 Å². The molecule has 0 fully saturated rings. The average molecular weight is 196 g/mol. The number of hydrogen-bond donors (Lipinski definition) is 0. The van der Waals surface area contributed by atoms with Crippen molar-refractivity contribution in [2.45, 2.75) is 0 Å². The Bertz CT molecular complexity index is 244. The highest BCUT2D eigenvalue weighted by Crippen LogP contribution is 2.39. The molecule has 0 spiro atoms. The second-order valence-corrected chi connectivity index (χ2v) is 3.96. The van der Waals surface area contributed by atoms with E-state index in [1.807, 2.05) is 0 Å². The number of hydrogen-bond acceptors (Lipinski definition) is 3. The van der Waals surface area contributed by atoms with Crippen LogP contribution < -0.4 is 0 Å². The van der Waals surface area contributed by atoms with Crippen molar-refractivity contribution in [3.05, 3.63) is 38.0 Å². The second kappa shape index (κ2) is 5.33. The van der Waals surface area contributed by atoms with Gasteiger partial charge in [0.1, 0.15) is 7.92 Å². The van der Waals surface area contributed by atoms with E-state index in [1.165, 1.54) is 0 Å². The van der Waals surface area contributed by atoms with Crippen LogP contribution in [0, 0.1) is 0 Å². The molecule has 4 heteroatoms. The summed E-state index contributed by atoms with van der Waals surface area (Å²) in [6.07, 6.45) is 2.90. The Balaban J connectivity index is 4.95. The minimum Gasteiger partial charge on any atom is -0.289 e. The lowest BCUT2D eigenvalue weighted by molar-refractivity contribution is -0.112. The van der Waals surface area contributed by atoms with Crippen molar-refractivity contribution in [2.24, 2.45) is 0 Å². The van der Waals surface area contributed by atoms with E-state index in [-0.39, 0.29) is 0 Å². The maximum absolute atomic E-state index is 11.1. The summed E-state index contributed by atoms with van der Waals surface area (Å²) in [7, 11) is -2.02.